The van der Waals surface area contributed by atoms with Crippen LogP contribution in [0.15, 0.2) is 24.3 Å². The summed E-state index contributed by atoms with van der Waals surface area (Å²) >= 11 is 0. The van der Waals surface area contributed by atoms with Crippen molar-refractivity contribution in [1.29, 1.82) is 0 Å². The molecule has 3 nitrogen and oxygen atoms in total. The van der Waals surface area contributed by atoms with E-state index in [1.807, 2.05) is 24.3 Å². The number of hydrogen-bond acceptors (Lipinski definition) is 2. The van der Waals surface area contributed by atoms with Crippen LogP contribution in [-0.4, -0.2) is 17.6 Å². The molecule has 0 amide bonds. The van der Waals surface area contributed by atoms with E-state index in [4.69, 9.17) is 10.8 Å². The topological polar surface area (TPSA) is 63.3 Å². The molecule has 1 atom stereocenters. The van der Waals surface area contributed by atoms with E-state index >= 15 is 0 Å². The number of nitrogens with two attached hydrogens (primary N) is 1. The summed E-state index contributed by atoms with van der Waals surface area (Å²) in [6, 6.07) is 7.76. The molecule has 1 saturated carbocycles. The predicted octanol–water partition coefficient (Wildman–Crippen LogP) is 1.69. The number of hydrogen-bond donors (Lipinski definition) is 2. The first-order valence-electron chi connectivity index (χ1n) is 5.25. The molecule has 1 aliphatic rings. The van der Waals surface area contributed by atoms with Gasteiger partial charge in [0.15, 0.2) is 0 Å². The Morgan fingerprint density at radius 2 is 2.13 bits per heavy atom. The standard InChI is InChI=1S/C12H15NO2/c13-7-11(12(14)15)10-4-2-1-3-9(10)8-5-6-8/h1-4,8,11H,5-7,13H2,(H,14,15). The Balaban J connectivity index is 2.36. The molecule has 0 aliphatic heterocycles. The van der Waals surface area contributed by atoms with Crippen molar-refractivity contribution in [2.45, 2.75) is 24.7 Å². The third-order valence-electron chi connectivity index (χ3n) is 2.92. The molecule has 0 aromatic heterocycles. The SMILES string of the molecule is NCC(C(=O)O)c1ccccc1C1CC1. The molecule has 1 aliphatic carbocycles. The summed E-state index contributed by atoms with van der Waals surface area (Å²) in [5.41, 5.74) is 7.59. The van der Waals surface area contributed by atoms with Gasteiger partial charge in [-0.15, -0.1) is 0 Å². The Morgan fingerprint density at radius 1 is 1.47 bits per heavy atom. The van der Waals surface area contributed by atoms with Crippen LogP contribution in [0.2, 0.25) is 0 Å². The van der Waals surface area contributed by atoms with E-state index in [9.17, 15) is 4.79 Å². The highest BCUT2D eigenvalue weighted by molar-refractivity contribution is 5.77. The van der Waals surface area contributed by atoms with Crippen LogP contribution in [-0.2, 0) is 4.79 Å². The van der Waals surface area contributed by atoms with Crippen molar-refractivity contribution in [2.24, 2.45) is 5.73 Å². The normalized spacial score (nSPS) is 17.4. The Bertz CT molecular complexity index is 372. The Kier molecular flexibility index (Phi) is 2.73. The molecule has 0 saturated heterocycles. The average molecular weight is 205 g/mol. The van der Waals surface area contributed by atoms with Gasteiger partial charge in [-0.1, -0.05) is 24.3 Å². The van der Waals surface area contributed by atoms with E-state index in [0.717, 1.165) is 5.56 Å². The second kappa shape index (κ2) is 4.03. The summed E-state index contributed by atoms with van der Waals surface area (Å²) in [7, 11) is 0. The fourth-order valence-corrected chi connectivity index (χ4v) is 1.96. The van der Waals surface area contributed by atoms with E-state index < -0.39 is 11.9 Å². The predicted molar refractivity (Wildman–Crippen MR) is 57.8 cm³/mol. The average Bonchev–Trinajstić information content (AvgIpc) is 3.02. The molecular weight excluding hydrogens is 190 g/mol. The minimum absolute atomic E-state index is 0.166. The molecule has 3 N–H and O–H groups in total. The zero-order valence-corrected chi connectivity index (χ0v) is 8.52. The van der Waals surface area contributed by atoms with Crippen LogP contribution in [0.3, 0.4) is 0 Å². The van der Waals surface area contributed by atoms with Crippen LogP contribution in [0.4, 0.5) is 0 Å². The molecule has 0 bridgehead atoms. The van der Waals surface area contributed by atoms with E-state index in [-0.39, 0.29) is 6.54 Å². The van der Waals surface area contributed by atoms with Crippen LogP contribution >= 0.6 is 0 Å². The highest BCUT2D eigenvalue weighted by atomic mass is 16.4. The third-order valence-corrected chi connectivity index (χ3v) is 2.92. The highest BCUT2D eigenvalue weighted by Gasteiger charge is 2.29. The number of benzene rings is 1. The molecule has 2 rings (SSSR count). The quantitative estimate of drug-likeness (QED) is 0.786. The van der Waals surface area contributed by atoms with Gasteiger partial charge in [0.1, 0.15) is 0 Å². The molecule has 3 heteroatoms. The summed E-state index contributed by atoms with van der Waals surface area (Å²) in [4.78, 5) is 11.0. The van der Waals surface area contributed by atoms with Crippen molar-refractivity contribution in [2.75, 3.05) is 6.54 Å². The molecule has 80 valence electrons. The smallest absolute Gasteiger partial charge is 0.312 e. The Hall–Kier alpha value is -1.35. The van der Waals surface area contributed by atoms with Crippen LogP contribution in [0.25, 0.3) is 0 Å². The van der Waals surface area contributed by atoms with Crippen molar-refractivity contribution in [3.63, 3.8) is 0 Å². The fourth-order valence-electron chi connectivity index (χ4n) is 1.96. The van der Waals surface area contributed by atoms with Crippen molar-refractivity contribution in [3.05, 3.63) is 35.4 Å². The first-order chi connectivity index (χ1) is 7.24. The molecule has 1 unspecified atom stereocenters. The lowest BCUT2D eigenvalue weighted by atomic mass is 9.92. The van der Waals surface area contributed by atoms with Gasteiger partial charge in [-0.3, -0.25) is 4.79 Å². The van der Waals surface area contributed by atoms with Gasteiger partial charge in [0, 0.05) is 6.54 Å². The summed E-state index contributed by atoms with van der Waals surface area (Å²) in [6.07, 6.45) is 2.35. The van der Waals surface area contributed by atoms with E-state index in [1.54, 1.807) is 0 Å². The zero-order valence-electron chi connectivity index (χ0n) is 8.52. The van der Waals surface area contributed by atoms with Crippen LogP contribution < -0.4 is 5.73 Å². The number of carbonyl (C=O) groups is 1. The van der Waals surface area contributed by atoms with Crippen molar-refractivity contribution < 1.29 is 9.90 Å². The van der Waals surface area contributed by atoms with Gasteiger partial charge in [-0.25, -0.2) is 0 Å². The van der Waals surface area contributed by atoms with Gasteiger partial charge >= 0.3 is 5.97 Å². The van der Waals surface area contributed by atoms with Crippen LogP contribution in [0, 0.1) is 0 Å². The lowest BCUT2D eigenvalue weighted by Gasteiger charge is -2.14. The third kappa shape index (κ3) is 2.02. The second-order valence-corrected chi connectivity index (χ2v) is 4.03. The summed E-state index contributed by atoms with van der Waals surface area (Å²) in [6.45, 7) is 0.166. The van der Waals surface area contributed by atoms with Gasteiger partial charge in [0.05, 0.1) is 5.92 Å². The summed E-state index contributed by atoms with van der Waals surface area (Å²) < 4.78 is 0. The van der Waals surface area contributed by atoms with Gasteiger partial charge < -0.3 is 10.8 Å². The van der Waals surface area contributed by atoms with E-state index in [1.165, 1.54) is 18.4 Å². The van der Waals surface area contributed by atoms with Crippen molar-refractivity contribution in [3.8, 4) is 0 Å². The van der Waals surface area contributed by atoms with Gasteiger partial charge in [0.25, 0.3) is 0 Å². The second-order valence-electron chi connectivity index (χ2n) is 4.03. The number of rotatable bonds is 4. The first-order valence-corrected chi connectivity index (χ1v) is 5.25. The zero-order chi connectivity index (χ0) is 10.8. The summed E-state index contributed by atoms with van der Waals surface area (Å²) in [5, 5.41) is 9.07. The molecule has 1 aromatic carbocycles. The molecule has 0 radical (unpaired) electrons. The largest absolute Gasteiger partial charge is 0.481 e. The monoisotopic (exact) mass is 205 g/mol. The highest BCUT2D eigenvalue weighted by Crippen LogP contribution is 2.43. The molecule has 15 heavy (non-hydrogen) atoms. The molecular formula is C12H15NO2. The Labute approximate surface area is 88.9 Å². The number of carboxylic acids is 1. The van der Waals surface area contributed by atoms with Gasteiger partial charge in [-0.05, 0) is 29.9 Å². The van der Waals surface area contributed by atoms with E-state index in [2.05, 4.69) is 0 Å². The number of carboxylic acid groups (broad SMARTS) is 1. The maximum atomic E-state index is 11.0. The van der Waals surface area contributed by atoms with Gasteiger partial charge in [0.2, 0.25) is 0 Å². The van der Waals surface area contributed by atoms with Crippen molar-refractivity contribution >= 4 is 5.97 Å². The lowest BCUT2D eigenvalue weighted by Crippen LogP contribution is -2.22. The molecule has 1 aromatic rings. The molecule has 0 heterocycles. The summed E-state index contributed by atoms with van der Waals surface area (Å²) in [5.74, 6) is -0.818. The van der Waals surface area contributed by atoms with Crippen LogP contribution in [0.1, 0.15) is 35.8 Å². The first kappa shape index (κ1) is 10.2. The van der Waals surface area contributed by atoms with Crippen LogP contribution in [0.5, 0.6) is 0 Å². The maximum absolute atomic E-state index is 11.0. The molecule has 0 spiro atoms. The van der Waals surface area contributed by atoms with Crippen molar-refractivity contribution in [1.82, 2.24) is 0 Å². The fraction of sp³-hybridized carbons (Fsp3) is 0.417. The Morgan fingerprint density at radius 3 is 2.67 bits per heavy atom. The van der Waals surface area contributed by atoms with Gasteiger partial charge in [-0.2, -0.15) is 0 Å². The maximum Gasteiger partial charge on any atom is 0.312 e. The number of aliphatic carboxylic acids is 1. The minimum Gasteiger partial charge on any atom is -0.481 e. The minimum atomic E-state index is -0.828. The lowest BCUT2D eigenvalue weighted by molar-refractivity contribution is -0.138. The van der Waals surface area contributed by atoms with E-state index in [0.29, 0.717) is 5.92 Å². The molecule has 1 fully saturated rings.